The summed E-state index contributed by atoms with van der Waals surface area (Å²) in [5.41, 5.74) is 1.20. The molecule has 0 unspecified atom stereocenters. The molecule has 3 heterocycles. The molecule has 0 aromatic carbocycles. The molecule has 4 rings (SSSR count). The second kappa shape index (κ2) is 7.23. The molecule has 1 fully saturated rings. The highest BCUT2D eigenvalue weighted by molar-refractivity contribution is 7.17. The van der Waals surface area contributed by atoms with Crippen LogP contribution in [0.4, 0.5) is 18.2 Å². The lowest BCUT2D eigenvalue weighted by molar-refractivity contribution is -0.146. The van der Waals surface area contributed by atoms with Crippen molar-refractivity contribution in [3.8, 4) is 11.5 Å². The van der Waals surface area contributed by atoms with Gasteiger partial charge in [0.1, 0.15) is 5.00 Å². The quantitative estimate of drug-likeness (QED) is 0.824. The summed E-state index contributed by atoms with van der Waals surface area (Å²) >= 11 is 1.30. The first kappa shape index (κ1) is 18.4. The molecule has 1 saturated carbocycles. The third kappa shape index (κ3) is 3.73. The molecule has 27 heavy (non-hydrogen) atoms. The van der Waals surface area contributed by atoms with E-state index in [-0.39, 0.29) is 17.7 Å². The average Bonchev–Trinajstić information content (AvgIpc) is 3.26. The van der Waals surface area contributed by atoms with Gasteiger partial charge >= 0.3 is 6.18 Å². The van der Waals surface area contributed by atoms with E-state index in [2.05, 4.69) is 15.5 Å². The van der Waals surface area contributed by atoms with E-state index >= 15 is 0 Å². The van der Waals surface area contributed by atoms with E-state index in [1.165, 1.54) is 11.3 Å². The van der Waals surface area contributed by atoms with Crippen molar-refractivity contribution in [3.05, 3.63) is 16.3 Å². The van der Waals surface area contributed by atoms with Gasteiger partial charge < -0.3 is 14.6 Å². The number of nitrogens with one attached hydrogen (secondary N) is 1. The zero-order valence-electron chi connectivity index (χ0n) is 14.4. The number of nitrogens with zero attached hydrogens (tertiary/aromatic N) is 2. The molecular weight excluding hydrogens is 383 g/mol. The van der Waals surface area contributed by atoms with Crippen molar-refractivity contribution in [3.63, 3.8) is 0 Å². The van der Waals surface area contributed by atoms with Crippen LogP contribution in [-0.4, -0.2) is 22.7 Å². The lowest BCUT2D eigenvalue weighted by Crippen LogP contribution is -2.24. The van der Waals surface area contributed by atoms with Gasteiger partial charge in [-0.2, -0.15) is 18.2 Å². The average molecular weight is 401 g/mol. The number of alkyl halides is 3. The van der Waals surface area contributed by atoms with Gasteiger partial charge in [-0.15, -0.1) is 11.3 Å². The first-order chi connectivity index (χ1) is 12.9. The Balaban J connectivity index is 1.68. The number of thiophene rings is 1. The summed E-state index contributed by atoms with van der Waals surface area (Å²) in [4.78, 5) is 17.0. The number of carbonyl (C=O) groups is 1. The Kier molecular flexibility index (Phi) is 4.94. The molecule has 0 radical (unpaired) electrons. The Hall–Kier alpha value is -1.94. The van der Waals surface area contributed by atoms with Crippen LogP contribution >= 0.6 is 11.3 Å². The fourth-order valence-corrected chi connectivity index (χ4v) is 4.75. The van der Waals surface area contributed by atoms with Crippen molar-refractivity contribution in [2.45, 2.75) is 51.3 Å². The van der Waals surface area contributed by atoms with Crippen LogP contribution in [0, 0.1) is 5.92 Å². The summed E-state index contributed by atoms with van der Waals surface area (Å²) in [5, 5.41) is 6.41. The Morgan fingerprint density at radius 3 is 2.70 bits per heavy atom. The zero-order chi connectivity index (χ0) is 19.0. The topological polar surface area (TPSA) is 77.3 Å². The fourth-order valence-electron chi connectivity index (χ4n) is 3.57. The van der Waals surface area contributed by atoms with E-state index in [4.69, 9.17) is 9.26 Å². The lowest BCUT2D eigenvalue weighted by atomic mass is 9.88. The first-order valence-electron chi connectivity index (χ1n) is 8.88. The number of carbonyl (C=O) groups excluding carboxylic acids is 1. The standard InChI is InChI=1S/C17H18F3N3O3S/c18-17(19,20)16-22-14(26-23-16)12-10-6-7-25-8-11(10)27-15(12)21-13(24)9-4-2-1-3-5-9/h9H,1-8H2,(H,21,24). The number of amides is 1. The molecule has 6 nitrogen and oxygen atoms in total. The largest absolute Gasteiger partial charge is 0.455 e. The SMILES string of the molecule is O=C(Nc1sc2c(c1-c1nc(C(F)(F)F)no1)CCOC2)C1CCCCC1. The predicted octanol–water partition coefficient (Wildman–Crippen LogP) is 4.41. The van der Waals surface area contributed by atoms with Crippen molar-refractivity contribution >= 4 is 22.2 Å². The van der Waals surface area contributed by atoms with Gasteiger partial charge in [0.2, 0.25) is 5.91 Å². The summed E-state index contributed by atoms with van der Waals surface area (Å²) in [6.07, 6.45) is 0.636. The maximum atomic E-state index is 12.9. The van der Waals surface area contributed by atoms with E-state index in [0.717, 1.165) is 42.5 Å². The van der Waals surface area contributed by atoms with Crippen LogP contribution in [0.25, 0.3) is 11.5 Å². The monoisotopic (exact) mass is 401 g/mol. The molecule has 146 valence electrons. The van der Waals surface area contributed by atoms with Gasteiger partial charge in [-0.25, -0.2) is 0 Å². The van der Waals surface area contributed by atoms with Gasteiger partial charge in [-0.05, 0) is 24.8 Å². The number of halogens is 3. The Morgan fingerprint density at radius 2 is 2.00 bits per heavy atom. The molecule has 0 saturated heterocycles. The van der Waals surface area contributed by atoms with Gasteiger partial charge in [0.25, 0.3) is 11.7 Å². The molecular formula is C17H18F3N3O3S. The Bertz CT molecular complexity index is 840. The molecule has 1 aliphatic carbocycles. The van der Waals surface area contributed by atoms with E-state index in [0.29, 0.717) is 30.2 Å². The molecule has 2 aromatic rings. The summed E-state index contributed by atoms with van der Waals surface area (Å²) in [6, 6.07) is 0. The maximum Gasteiger partial charge on any atom is 0.455 e. The Morgan fingerprint density at radius 1 is 1.22 bits per heavy atom. The first-order valence-corrected chi connectivity index (χ1v) is 9.69. The zero-order valence-corrected chi connectivity index (χ0v) is 15.2. The minimum atomic E-state index is -4.69. The van der Waals surface area contributed by atoms with Crippen molar-refractivity contribution in [2.24, 2.45) is 5.92 Å². The van der Waals surface area contributed by atoms with Crippen molar-refractivity contribution in [2.75, 3.05) is 11.9 Å². The number of ether oxygens (including phenoxy) is 1. The highest BCUT2D eigenvalue weighted by Gasteiger charge is 2.38. The Labute approximate surface area is 157 Å². The second-order valence-corrected chi connectivity index (χ2v) is 7.86. The van der Waals surface area contributed by atoms with Crippen LogP contribution < -0.4 is 5.32 Å². The minimum absolute atomic E-state index is 0.0737. The molecule has 0 spiro atoms. The van der Waals surface area contributed by atoms with Crippen LogP contribution in [0.5, 0.6) is 0 Å². The number of anilines is 1. The number of aromatic nitrogens is 2. The molecule has 1 aliphatic heterocycles. The van der Waals surface area contributed by atoms with E-state index in [1.54, 1.807) is 0 Å². The van der Waals surface area contributed by atoms with Crippen molar-refractivity contribution in [1.82, 2.24) is 10.1 Å². The molecule has 2 aromatic heterocycles. The number of hydrogen-bond donors (Lipinski definition) is 1. The van der Waals surface area contributed by atoms with Gasteiger partial charge in [-0.1, -0.05) is 24.4 Å². The molecule has 0 atom stereocenters. The number of hydrogen-bond acceptors (Lipinski definition) is 6. The van der Waals surface area contributed by atoms with Gasteiger partial charge in [0.05, 0.1) is 18.8 Å². The van der Waals surface area contributed by atoms with Crippen molar-refractivity contribution in [1.29, 1.82) is 0 Å². The highest BCUT2D eigenvalue weighted by Crippen LogP contribution is 2.43. The molecule has 1 amide bonds. The van der Waals surface area contributed by atoms with E-state index in [1.807, 2.05) is 0 Å². The predicted molar refractivity (Wildman–Crippen MR) is 91.2 cm³/mol. The lowest BCUT2D eigenvalue weighted by Gasteiger charge is -2.20. The van der Waals surface area contributed by atoms with Gasteiger partial charge in [0.15, 0.2) is 0 Å². The van der Waals surface area contributed by atoms with Crippen LogP contribution in [-0.2, 0) is 28.7 Å². The van der Waals surface area contributed by atoms with Gasteiger partial charge in [0, 0.05) is 10.8 Å². The third-order valence-electron chi connectivity index (χ3n) is 4.93. The summed E-state index contributed by atoms with van der Waals surface area (Å²) in [6.45, 7) is 0.805. The smallest absolute Gasteiger partial charge is 0.376 e. The number of fused-ring (bicyclic) bond motifs is 1. The van der Waals surface area contributed by atoms with Gasteiger partial charge in [-0.3, -0.25) is 4.79 Å². The normalized spacial score (nSPS) is 18.3. The molecule has 1 N–H and O–H groups in total. The summed E-state index contributed by atoms with van der Waals surface area (Å²) in [5.74, 6) is -1.73. The fraction of sp³-hybridized carbons (Fsp3) is 0.588. The van der Waals surface area contributed by atoms with E-state index in [9.17, 15) is 18.0 Å². The highest BCUT2D eigenvalue weighted by atomic mass is 32.1. The summed E-state index contributed by atoms with van der Waals surface area (Å²) in [7, 11) is 0. The molecule has 2 aliphatic rings. The van der Waals surface area contributed by atoms with Crippen LogP contribution in [0.1, 0.15) is 48.4 Å². The minimum Gasteiger partial charge on any atom is -0.376 e. The van der Waals surface area contributed by atoms with E-state index < -0.39 is 12.0 Å². The maximum absolute atomic E-state index is 12.9. The van der Waals surface area contributed by atoms with Crippen LogP contribution in [0.3, 0.4) is 0 Å². The third-order valence-corrected chi connectivity index (χ3v) is 6.05. The van der Waals surface area contributed by atoms with Crippen molar-refractivity contribution < 1.29 is 27.2 Å². The molecule has 0 bridgehead atoms. The molecule has 10 heteroatoms. The second-order valence-electron chi connectivity index (χ2n) is 6.76. The van der Waals surface area contributed by atoms with Crippen LogP contribution in [0.2, 0.25) is 0 Å². The van der Waals surface area contributed by atoms with Crippen LogP contribution in [0.15, 0.2) is 4.52 Å². The number of rotatable bonds is 3. The summed E-state index contributed by atoms with van der Waals surface area (Å²) < 4.78 is 48.9.